The minimum Gasteiger partial charge on any atom is -0.159 e. The van der Waals surface area contributed by atoms with Crippen molar-refractivity contribution in [2.45, 2.75) is 53.4 Å². The van der Waals surface area contributed by atoms with Crippen molar-refractivity contribution in [3.63, 3.8) is 0 Å². The molecule has 0 spiro atoms. The zero-order chi connectivity index (χ0) is 14.3. The molecule has 0 aromatic heterocycles. The molecule has 0 saturated heterocycles. The first kappa shape index (κ1) is 14.0. The van der Waals surface area contributed by atoms with Gasteiger partial charge >= 0.3 is 0 Å². The molecule has 1 aromatic carbocycles. The lowest BCUT2D eigenvalue weighted by atomic mass is 9.84. The Hall–Kier alpha value is -1.44. The molecular formula is C17H24N2. The van der Waals surface area contributed by atoms with Crippen molar-refractivity contribution in [1.29, 1.82) is 0 Å². The smallest absolute Gasteiger partial charge is 0.0759 e. The highest BCUT2D eigenvalue weighted by Gasteiger charge is 2.25. The minimum atomic E-state index is 0.108. The van der Waals surface area contributed by atoms with Crippen molar-refractivity contribution >= 4 is 11.4 Å². The van der Waals surface area contributed by atoms with Gasteiger partial charge in [0.05, 0.1) is 11.4 Å². The van der Waals surface area contributed by atoms with Crippen LogP contribution < -0.4 is 0 Å². The SMILES string of the molecule is CC(C)(C)C1=NN=C(c2ccc(C(C)(C)C)cc2)C1. The molecule has 0 atom stereocenters. The summed E-state index contributed by atoms with van der Waals surface area (Å²) in [5, 5.41) is 8.69. The van der Waals surface area contributed by atoms with E-state index in [2.05, 4.69) is 76.0 Å². The summed E-state index contributed by atoms with van der Waals surface area (Å²) in [6.07, 6.45) is 0.873. The van der Waals surface area contributed by atoms with Crippen LogP contribution in [-0.4, -0.2) is 11.4 Å². The molecule has 1 aliphatic heterocycles. The Morgan fingerprint density at radius 1 is 0.789 bits per heavy atom. The van der Waals surface area contributed by atoms with Crippen LogP contribution in [0, 0.1) is 5.41 Å². The van der Waals surface area contributed by atoms with E-state index in [1.807, 2.05) is 0 Å². The average Bonchev–Trinajstić information content (AvgIpc) is 2.77. The van der Waals surface area contributed by atoms with Gasteiger partial charge in [0, 0.05) is 11.8 Å². The monoisotopic (exact) mass is 256 g/mol. The third-order valence-corrected chi connectivity index (χ3v) is 3.58. The first-order valence-corrected chi connectivity index (χ1v) is 6.93. The molecule has 0 N–H and O–H groups in total. The van der Waals surface area contributed by atoms with E-state index in [1.165, 1.54) is 16.8 Å². The molecule has 2 heteroatoms. The molecule has 0 unspecified atom stereocenters. The maximum absolute atomic E-state index is 4.35. The van der Waals surface area contributed by atoms with Crippen molar-refractivity contribution in [1.82, 2.24) is 0 Å². The third kappa shape index (κ3) is 3.12. The van der Waals surface area contributed by atoms with Crippen LogP contribution in [0.3, 0.4) is 0 Å². The quantitative estimate of drug-likeness (QED) is 0.702. The number of nitrogens with zero attached hydrogens (tertiary/aromatic N) is 2. The zero-order valence-electron chi connectivity index (χ0n) is 12.9. The fourth-order valence-corrected chi connectivity index (χ4v) is 2.09. The maximum atomic E-state index is 4.35. The van der Waals surface area contributed by atoms with Crippen molar-refractivity contribution in [2.24, 2.45) is 15.6 Å². The molecule has 2 rings (SSSR count). The topological polar surface area (TPSA) is 24.7 Å². The van der Waals surface area contributed by atoms with Gasteiger partial charge in [-0.25, -0.2) is 0 Å². The summed E-state index contributed by atoms with van der Waals surface area (Å²) in [5.74, 6) is 0. The van der Waals surface area contributed by atoms with Gasteiger partial charge in [-0.05, 0) is 16.5 Å². The number of rotatable bonds is 1. The van der Waals surface area contributed by atoms with Crippen molar-refractivity contribution in [3.05, 3.63) is 35.4 Å². The van der Waals surface area contributed by atoms with E-state index in [4.69, 9.17) is 0 Å². The summed E-state index contributed by atoms with van der Waals surface area (Å²) in [6, 6.07) is 8.74. The van der Waals surface area contributed by atoms with Crippen molar-refractivity contribution in [2.75, 3.05) is 0 Å². The lowest BCUT2D eigenvalue weighted by Crippen LogP contribution is -2.20. The molecule has 1 aromatic rings. The fourth-order valence-electron chi connectivity index (χ4n) is 2.09. The van der Waals surface area contributed by atoms with Crippen LogP contribution in [0.2, 0.25) is 0 Å². The Morgan fingerprint density at radius 3 is 1.79 bits per heavy atom. The minimum absolute atomic E-state index is 0.108. The first-order chi connectivity index (χ1) is 8.68. The summed E-state index contributed by atoms with van der Waals surface area (Å²) in [4.78, 5) is 0. The van der Waals surface area contributed by atoms with E-state index in [9.17, 15) is 0 Å². The van der Waals surface area contributed by atoms with Crippen molar-refractivity contribution < 1.29 is 0 Å². The molecule has 19 heavy (non-hydrogen) atoms. The second kappa shape index (κ2) is 4.59. The largest absolute Gasteiger partial charge is 0.159 e. The van der Waals surface area contributed by atoms with Gasteiger partial charge in [-0.1, -0.05) is 65.8 Å². The molecule has 102 valence electrons. The molecule has 0 aliphatic carbocycles. The summed E-state index contributed by atoms with van der Waals surface area (Å²) in [7, 11) is 0. The number of hydrogen-bond acceptors (Lipinski definition) is 2. The summed E-state index contributed by atoms with van der Waals surface area (Å²) >= 11 is 0. The first-order valence-electron chi connectivity index (χ1n) is 6.93. The predicted octanol–water partition coefficient (Wildman–Crippen LogP) is 4.58. The third-order valence-electron chi connectivity index (χ3n) is 3.58. The Balaban J connectivity index is 2.15. The van der Waals surface area contributed by atoms with Gasteiger partial charge in [0.15, 0.2) is 0 Å². The van der Waals surface area contributed by atoms with Gasteiger partial charge in [-0.3, -0.25) is 0 Å². The van der Waals surface area contributed by atoms with Crippen LogP contribution >= 0.6 is 0 Å². The highest BCUT2D eigenvalue weighted by molar-refractivity contribution is 6.16. The van der Waals surface area contributed by atoms with Crippen LogP contribution in [-0.2, 0) is 5.41 Å². The predicted molar refractivity (Wildman–Crippen MR) is 83.2 cm³/mol. The van der Waals surface area contributed by atoms with Gasteiger partial charge < -0.3 is 0 Å². The Morgan fingerprint density at radius 2 is 1.37 bits per heavy atom. The number of hydrogen-bond donors (Lipinski definition) is 0. The standard InChI is InChI=1S/C17H24N2/c1-16(2,3)13-9-7-12(8-10-13)14-11-15(19-18-14)17(4,5)6/h7-10H,11H2,1-6H3. The van der Waals surface area contributed by atoms with E-state index in [-0.39, 0.29) is 10.8 Å². The van der Waals surface area contributed by atoms with Crippen LogP contribution in [0.5, 0.6) is 0 Å². The second-order valence-electron chi connectivity index (χ2n) is 7.35. The summed E-state index contributed by atoms with van der Waals surface area (Å²) in [5.41, 5.74) is 5.11. The van der Waals surface area contributed by atoms with Crippen molar-refractivity contribution in [3.8, 4) is 0 Å². The molecule has 0 fully saturated rings. The average molecular weight is 256 g/mol. The highest BCUT2D eigenvalue weighted by Crippen LogP contribution is 2.26. The molecule has 1 heterocycles. The Bertz CT molecular complexity index is 520. The van der Waals surface area contributed by atoms with Crippen LogP contribution in [0.4, 0.5) is 0 Å². The van der Waals surface area contributed by atoms with E-state index in [1.54, 1.807) is 0 Å². The summed E-state index contributed by atoms with van der Waals surface area (Å²) < 4.78 is 0. The van der Waals surface area contributed by atoms with E-state index in [0.29, 0.717) is 0 Å². The van der Waals surface area contributed by atoms with Gasteiger partial charge in [0.25, 0.3) is 0 Å². The lowest BCUT2D eigenvalue weighted by Gasteiger charge is -2.19. The molecular weight excluding hydrogens is 232 g/mol. The maximum Gasteiger partial charge on any atom is 0.0759 e. The van der Waals surface area contributed by atoms with E-state index >= 15 is 0 Å². The van der Waals surface area contributed by atoms with Gasteiger partial charge in [-0.15, -0.1) is 0 Å². The molecule has 0 bridgehead atoms. The molecule has 0 amide bonds. The molecule has 1 aliphatic rings. The fraction of sp³-hybridized carbons (Fsp3) is 0.529. The van der Waals surface area contributed by atoms with Crippen LogP contribution in [0.25, 0.3) is 0 Å². The highest BCUT2D eigenvalue weighted by atomic mass is 15.2. The second-order valence-corrected chi connectivity index (χ2v) is 7.35. The summed E-state index contributed by atoms with van der Waals surface area (Å²) in [6.45, 7) is 13.3. The Labute approximate surface area is 116 Å². The molecule has 0 saturated carbocycles. The lowest BCUT2D eigenvalue weighted by molar-refractivity contribution is 0.585. The molecule has 0 radical (unpaired) electrons. The zero-order valence-corrected chi connectivity index (χ0v) is 12.9. The molecule has 2 nitrogen and oxygen atoms in total. The van der Waals surface area contributed by atoms with E-state index in [0.717, 1.165) is 12.1 Å². The number of benzene rings is 1. The normalized spacial score (nSPS) is 16.3. The van der Waals surface area contributed by atoms with Gasteiger partial charge in [-0.2, -0.15) is 10.2 Å². The Kier molecular flexibility index (Phi) is 3.38. The van der Waals surface area contributed by atoms with Crippen LogP contribution in [0.1, 0.15) is 59.1 Å². The van der Waals surface area contributed by atoms with E-state index < -0.39 is 0 Å². The van der Waals surface area contributed by atoms with Gasteiger partial charge in [0.1, 0.15) is 0 Å². The van der Waals surface area contributed by atoms with Crippen LogP contribution in [0.15, 0.2) is 34.5 Å². The van der Waals surface area contributed by atoms with Gasteiger partial charge in [0.2, 0.25) is 0 Å².